The zero-order chi connectivity index (χ0) is 11.4. The summed E-state index contributed by atoms with van der Waals surface area (Å²) < 4.78 is 1.63. The van der Waals surface area contributed by atoms with Gasteiger partial charge < -0.3 is 5.11 Å². The van der Waals surface area contributed by atoms with Gasteiger partial charge in [0.15, 0.2) is 0 Å². The van der Waals surface area contributed by atoms with Crippen LogP contribution in [0.2, 0.25) is 0 Å². The molecule has 0 radical (unpaired) electrons. The molecule has 0 aliphatic rings. The molecule has 6 heteroatoms. The van der Waals surface area contributed by atoms with Crippen LogP contribution in [0.5, 0.6) is 0 Å². The molecule has 1 aromatic heterocycles. The molecule has 1 heterocycles. The van der Waals surface area contributed by atoms with Gasteiger partial charge in [-0.05, 0) is 34.5 Å². The van der Waals surface area contributed by atoms with Gasteiger partial charge in [0.2, 0.25) is 0 Å². The molecule has 6 nitrogen and oxygen atoms in total. The normalized spacial score (nSPS) is 10.2. The average molecular weight is 218 g/mol. The van der Waals surface area contributed by atoms with Crippen molar-refractivity contribution in [3.63, 3.8) is 0 Å². The molecule has 0 fully saturated rings. The molecule has 0 spiro atoms. The smallest absolute Gasteiger partial charge is 0.335 e. The first-order valence-corrected chi connectivity index (χ1v) is 4.79. The number of carboxylic acids is 1. The number of carbonyl (C=O) groups is 1. The highest BCUT2D eigenvalue weighted by Gasteiger charge is 2.01. The van der Waals surface area contributed by atoms with E-state index in [0.717, 1.165) is 12.0 Å². The lowest BCUT2D eigenvalue weighted by molar-refractivity contribution is 0.0697. The number of aryl methyl sites for hydroxylation is 2. The van der Waals surface area contributed by atoms with Crippen LogP contribution in [0.1, 0.15) is 15.9 Å². The van der Waals surface area contributed by atoms with Crippen LogP contribution in [0, 0.1) is 0 Å². The van der Waals surface area contributed by atoms with Gasteiger partial charge in [0.1, 0.15) is 6.33 Å². The molecule has 0 aliphatic carbocycles. The maximum atomic E-state index is 10.6. The molecule has 0 atom stereocenters. The molecule has 0 amide bonds. The number of hydrogen-bond acceptors (Lipinski definition) is 4. The van der Waals surface area contributed by atoms with Crippen molar-refractivity contribution in [3.05, 3.63) is 41.7 Å². The third-order valence-electron chi connectivity index (χ3n) is 2.22. The Morgan fingerprint density at radius 2 is 2.06 bits per heavy atom. The second kappa shape index (κ2) is 4.52. The number of rotatable bonds is 4. The lowest BCUT2D eigenvalue weighted by atomic mass is 10.1. The Morgan fingerprint density at radius 3 is 2.62 bits per heavy atom. The molecule has 2 rings (SSSR count). The van der Waals surface area contributed by atoms with Gasteiger partial charge in [-0.3, -0.25) is 0 Å². The number of benzene rings is 1. The standard InChI is InChI=1S/C10H10N4O2/c15-10(16)9-3-1-8(2-4-9)5-6-14-7-11-12-13-14/h1-4,7H,5-6H2,(H,15,16). The van der Waals surface area contributed by atoms with Crippen molar-refractivity contribution in [3.8, 4) is 0 Å². The summed E-state index contributed by atoms with van der Waals surface area (Å²) in [5.74, 6) is -0.910. The third kappa shape index (κ3) is 2.41. The lowest BCUT2D eigenvalue weighted by Crippen LogP contribution is -2.02. The van der Waals surface area contributed by atoms with Crippen molar-refractivity contribution in [2.75, 3.05) is 0 Å². The largest absolute Gasteiger partial charge is 0.478 e. The Hall–Kier alpha value is -2.24. The van der Waals surface area contributed by atoms with Crippen LogP contribution in [0.15, 0.2) is 30.6 Å². The van der Waals surface area contributed by atoms with Crippen LogP contribution >= 0.6 is 0 Å². The Morgan fingerprint density at radius 1 is 1.31 bits per heavy atom. The molecular weight excluding hydrogens is 208 g/mol. The Balaban J connectivity index is 1.98. The first-order chi connectivity index (χ1) is 7.75. The van der Waals surface area contributed by atoms with Gasteiger partial charge in [-0.1, -0.05) is 12.1 Å². The summed E-state index contributed by atoms with van der Waals surface area (Å²) in [7, 11) is 0. The topological polar surface area (TPSA) is 80.9 Å². The van der Waals surface area contributed by atoms with Gasteiger partial charge in [-0.2, -0.15) is 0 Å². The number of aromatic carboxylic acids is 1. The highest BCUT2D eigenvalue weighted by atomic mass is 16.4. The van der Waals surface area contributed by atoms with E-state index in [1.807, 2.05) is 0 Å². The van der Waals surface area contributed by atoms with Crippen LogP contribution in [0.25, 0.3) is 0 Å². The second-order valence-electron chi connectivity index (χ2n) is 3.32. The van der Waals surface area contributed by atoms with Gasteiger partial charge >= 0.3 is 5.97 Å². The van der Waals surface area contributed by atoms with E-state index < -0.39 is 5.97 Å². The van der Waals surface area contributed by atoms with Crippen LogP contribution in [-0.4, -0.2) is 31.3 Å². The molecule has 0 unspecified atom stereocenters. The Kier molecular flexibility index (Phi) is 2.90. The number of hydrogen-bond donors (Lipinski definition) is 1. The Bertz CT molecular complexity index is 464. The third-order valence-corrected chi connectivity index (χ3v) is 2.22. The van der Waals surface area contributed by atoms with E-state index in [4.69, 9.17) is 5.11 Å². The fraction of sp³-hybridized carbons (Fsp3) is 0.200. The van der Waals surface area contributed by atoms with E-state index in [1.165, 1.54) is 0 Å². The first kappa shape index (κ1) is 10.3. The van der Waals surface area contributed by atoms with Crippen molar-refractivity contribution in [2.24, 2.45) is 0 Å². The van der Waals surface area contributed by atoms with E-state index in [-0.39, 0.29) is 0 Å². The predicted octanol–water partition coefficient (Wildman–Crippen LogP) is 0.614. The van der Waals surface area contributed by atoms with E-state index in [2.05, 4.69) is 15.5 Å². The van der Waals surface area contributed by atoms with Crippen molar-refractivity contribution in [2.45, 2.75) is 13.0 Å². The molecule has 1 N–H and O–H groups in total. The molecule has 1 aromatic carbocycles. The van der Waals surface area contributed by atoms with Gasteiger partial charge in [0.25, 0.3) is 0 Å². The van der Waals surface area contributed by atoms with Crippen LogP contribution in [-0.2, 0) is 13.0 Å². The van der Waals surface area contributed by atoms with E-state index in [1.54, 1.807) is 35.3 Å². The van der Waals surface area contributed by atoms with Crippen molar-refractivity contribution >= 4 is 5.97 Å². The summed E-state index contributed by atoms with van der Waals surface area (Å²) in [6.45, 7) is 0.680. The number of aromatic nitrogens is 4. The van der Waals surface area contributed by atoms with Gasteiger partial charge in [-0.25, -0.2) is 9.48 Å². The molecule has 0 bridgehead atoms. The molecule has 82 valence electrons. The highest BCUT2D eigenvalue weighted by molar-refractivity contribution is 5.87. The quantitative estimate of drug-likeness (QED) is 0.813. The van der Waals surface area contributed by atoms with Crippen LogP contribution < -0.4 is 0 Å². The van der Waals surface area contributed by atoms with E-state index in [0.29, 0.717) is 12.1 Å². The van der Waals surface area contributed by atoms with E-state index in [9.17, 15) is 4.79 Å². The summed E-state index contributed by atoms with van der Waals surface area (Å²) in [6.07, 6.45) is 2.32. The van der Waals surface area contributed by atoms with Crippen LogP contribution in [0.4, 0.5) is 0 Å². The van der Waals surface area contributed by atoms with Crippen molar-refractivity contribution in [1.82, 2.24) is 20.2 Å². The minimum Gasteiger partial charge on any atom is -0.478 e. The Labute approximate surface area is 91.5 Å². The summed E-state index contributed by atoms with van der Waals surface area (Å²) in [5.41, 5.74) is 1.35. The summed E-state index contributed by atoms with van der Waals surface area (Å²) in [6, 6.07) is 6.79. The fourth-order valence-corrected chi connectivity index (χ4v) is 1.34. The minimum atomic E-state index is -0.910. The molecule has 0 saturated heterocycles. The summed E-state index contributed by atoms with van der Waals surface area (Å²) >= 11 is 0. The first-order valence-electron chi connectivity index (χ1n) is 4.79. The number of nitrogens with zero attached hydrogens (tertiary/aromatic N) is 4. The highest BCUT2D eigenvalue weighted by Crippen LogP contribution is 2.05. The SMILES string of the molecule is O=C(O)c1ccc(CCn2cnnn2)cc1. The lowest BCUT2D eigenvalue weighted by Gasteiger charge is -2.01. The maximum absolute atomic E-state index is 10.6. The zero-order valence-electron chi connectivity index (χ0n) is 8.45. The predicted molar refractivity (Wildman–Crippen MR) is 54.9 cm³/mol. The van der Waals surface area contributed by atoms with Gasteiger partial charge in [0, 0.05) is 6.54 Å². The molecule has 0 saturated carbocycles. The number of carboxylic acid groups (broad SMARTS) is 1. The molecule has 2 aromatic rings. The molecule has 0 aliphatic heterocycles. The fourth-order valence-electron chi connectivity index (χ4n) is 1.34. The molecular formula is C10H10N4O2. The minimum absolute atomic E-state index is 0.297. The van der Waals surface area contributed by atoms with Crippen LogP contribution in [0.3, 0.4) is 0 Å². The van der Waals surface area contributed by atoms with Gasteiger partial charge in [0.05, 0.1) is 5.56 Å². The van der Waals surface area contributed by atoms with Gasteiger partial charge in [-0.15, -0.1) is 5.10 Å². The summed E-state index contributed by atoms with van der Waals surface area (Å²) in [5, 5.41) is 19.5. The monoisotopic (exact) mass is 218 g/mol. The maximum Gasteiger partial charge on any atom is 0.335 e. The van der Waals surface area contributed by atoms with Crippen molar-refractivity contribution < 1.29 is 9.90 Å². The summed E-state index contributed by atoms with van der Waals surface area (Å²) in [4.78, 5) is 10.6. The zero-order valence-corrected chi connectivity index (χ0v) is 8.45. The van der Waals surface area contributed by atoms with E-state index >= 15 is 0 Å². The van der Waals surface area contributed by atoms with Crippen molar-refractivity contribution in [1.29, 1.82) is 0 Å². The molecule has 16 heavy (non-hydrogen) atoms. The number of tetrazole rings is 1. The average Bonchev–Trinajstić information content (AvgIpc) is 2.80. The second-order valence-corrected chi connectivity index (χ2v) is 3.32.